The monoisotopic (exact) mass is 242 g/mol. The Kier molecular flexibility index (Phi) is 3.82. The Balaban J connectivity index is 2.37. The van der Waals surface area contributed by atoms with Crippen LogP contribution in [0.4, 0.5) is 5.82 Å². The quantitative estimate of drug-likeness (QED) is 0.892. The standard InChI is InChI=1S/C15H18N2O/c1-4-11-9-12(5-7-14(11)18-3)13-6-8-15(16-2)17-10-13/h5-10H,4H2,1-3H3,(H,16,17). The van der Waals surface area contributed by atoms with E-state index in [1.807, 2.05) is 25.4 Å². The third kappa shape index (κ3) is 2.45. The molecule has 0 saturated carbocycles. The molecule has 0 fully saturated rings. The van der Waals surface area contributed by atoms with Crippen molar-refractivity contribution in [3.63, 3.8) is 0 Å². The lowest BCUT2D eigenvalue weighted by Crippen LogP contribution is -1.93. The summed E-state index contributed by atoms with van der Waals surface area (Å²) in [6, 6.07) is 10.3. The molecule has 0 aliphatic rings. The predicted octanol–water partition coefficient (Wildman–Crippen LogP) is 3.36. The van der Waals surface area contributed by atoms with Crippen LogP contribution in [0.25, 0.3) is 11.1 Å². The Morgan fingerprint density at radius 2 is 1.94 bits per heavy atom. The fourth-order valence-electron chi connectivity index (χ4n) is 1.95. The second-order valence-corrected chi connectivity index (χ2v) is 4.06. The van der Waals surface area contributed by atoms with Gasteiger partial charge in [-0.15, -0.1) is 0 Å². The maximum absolute atomic E-state index is 5.34. The molecule has 2 aromatic rings. The Labute approximate surface area is 108 Å². The third-order valence-electron chi connectivity index (χ3n) is 3.01. The van der Waals surface area contributed by atoms with E-state index in [1.54, 1.807) is 7.11 Å². The highest BCUT2D eigenvalue weighted by Gasteiger charge is 2.04. The van der Waals surface area contributed by atoms with Gasteiger partial charge in [0.05, 0.1) is 7.11 Å². The van der Waals surface area contributed by atoms with Gasteiger partial charge in [0.25, 0.3) is 0 Å². The van der Waals surface area contributed by atoms with Gasteiger partial charge in [-0.05, 0) is 41.8 Å². The lowest BCUT2D eigenvalue weighted by Gasteiger charge is -2.09. The maximum atomic E-state index is 5.34. The lowest BCUT2D eigenvalue weighted by atomic mass is 10.0. The molecule has 0 aliphatic heterocycles. The van der Waals surface area contributed by atoms with Crippen LogP contribution in [-0.4, -0.2) is 19.1 Å². The number of nitrogens with one attached hydrogen (secondary N) is 1. The Morgan fingerprint density at radius 3 is 2.50 bits per heavy atom. The number of rotatable bonds is 4. The Bertz CT molecular complexity index is 521. The van der Waals surface area contributed by atoms with Crippen molar-refractivity contribution >= 4 is 5.82 Å². The number of aromatic nitrogens is 1. The summed E-state index contributed by atoms with van der Waals surface area (Å²) in [5.41, 5.74) is 3.50. The van der Waals surface area contributed by atoms with Crippen molar-refractivity contribution in [2.24, 2.45) is 0 Å². The molecular weight excluding hydrogens is 224 g/mol. The average molecular weight is 242 g/mol. The van der Waals surface area contributed by atoms with Gasteiger partial charge in [-0.2, -0.15) is 0 Å². The van der Waals surface area contributed by atoms with Gasteiger partial charge in [0, 0.05) is 18.8 Å². The van der Waals surface area contributed by atoms with Gasteiger partial charge >= 0.3 is 0 Å². The van der Waals surface area contributed by atoms with Crippen molar-refractivity contribution in [2.75, 3.05) is 19.5 Å². The van der Waals surface area contributed by atoms with Crippen molar-refractivity contribution < 1.29 is 4.74 Å². The van der Waals surface area contributed by atoms with Gasteiger partial charge in [0.2, 0.25) is 0 Å². The first-order chi connectivity index (χ1) is 8.78. The minimum Gasteiger partial charge on any atom is -0.496 e. The van der Waals surface area contributed by atoms with E-state index in [0.29, 0.717) is 0 Å². The van der Waals surface area contributed by atoms with E-state index in [4.69, 9.17) is 4.74 Å². The van der Waals surface area contributed by atoms with Crippen LogP contribution in [0.15, 0.2) is 36.5 Å². The number of pyridine rings is 1. The molecule has 1 N–H and O–H groups in total. The highest BCUT2D eigenvalue weighted by atomic mass is 16.5. The van der Waals surface area contributed by atoms with E-state index in [-0.39, 0.29) is 0 Å². The average Bonchev–Trinajstić information content (AvgIpc) is 2.46. The summed E-state index contributed by atoms with van der Waals surface area (Å²) in [5.74, 6) is 1.82. The van der Waals surface area contributed by atoms with Crippen molar-refractivity contribution in [1.82, 2.24) is 4.98 Å². The molecule has 3 heteroatoms. The number of ether oxygens (including phenoxy) is 1. The minimum absolute atomic E-state index is 0.878. The zero-order valence-electron chi connectivity index (χ0n) is 11.0. The van der Waals surface area contributed by atoms with Crippen molar-refractivity contribution in [2.45, 2.75) is 13.3 Å². The number of aryl methyl sites for hydroxylation is 1. The lowest BCUT2D eigenvalue weighted by molar-refractivity contribution is 0.410. The second kappa shape index (κ2) is 5.54. The molecule has 18 heavy (non-hydrogen) atoms. The highest BCUT2D eigenvalue weighted by molar-refractivity contribution is 5.66. The topological polar surface area (TPSA) is 34.2 Å². The zero-order valence-corrected chi connectivity index (χ0v) is 11.0. The molecule has 0 bridgehead atoms. The minimum atomic E-state index is 0.878. The van der Waals surface area contributed by atoms with E-state index in [0.717, 1.165) is 23.6 Å². The summed E-state index contributed by atoms with van der Waals surface area (Å²) in [4.78, 5) is 4.33. The number of anilines is 1. The van der Waals surface area contributed by atoms with Gasteiger partial charge in [-0.25, -0.2) is 4.98 Å². The first-order valence-corrected chi connectivity index (χ1v) is 6.09. The number of hydrogen-bond acceptors (Lipinski definition) is 3. The molecule has 94 valence electrons. The predicted molar refractivity (Wildman–Crippen MR) is 75.1 cm³/mol. The largest absolute Gasteiger partial charge is 0.496 e. The van der Waals surface area contributed by atoms with Crippen LogP contribution in [-0.2, 0) is 6.42 Å². The fourth-order valence-corrected chi connectivity index (χ4v) is 1.95. The first-order valence-electron chi connectivity index (χ1n) is 6.09. The van der Waals surface area contributed by atoms with Gasteiger partial charge < -0.3 is 10.1 Å². The molecule has 0 amide bonds. The molecule has 0 radical (unpaired) electrons. The first kappa shape index (κ1) is 12.4. The molecule has 0 unspecified atom stereocenters. The molecule has 3 nitrogen and oxygen atoms in total. The smallest absolute Gasteiger partial charge is 0.125 e. The van der Waals surface area contributed by atoms with Gasteiger partial charge in [-0.3, -0.25) is 0 Å². The summed E-state index contributed by atoms with van der Waals surface area (Å²) in [6.45, 7) is 2.13. The highest BCUT2D eigenvalue weighted by Crippen LogP contribution is 2.27. The van der Waals surface area contributed by atoms with Crippen LogP contribution in [0.3, 0.4) is 0 Å². The van der Waals surface area contributed by atoms with E-state index in [1.165, 1.54) is 11.1 Å². The summed E-state index contributed by atoms with van der Waals surface area (Å²) >= 11 is 0. The Hall–Kier alpha value is -2.03. The van der Waals surface area contributed by atoms with Crippen LogP contribution in [0, 0.1) is 0 Å². The normalized spacial score (nSPS) is 10.2. The molecular formula is C15H18N2O. The van der Waals surface area contributed by atoms with Gasteiger partial charge in [-0.1, -0.05) is 13.0 Å². The molecule has 2 rings (SSSR count). The summed E-state index contributed by atoms with van der Waals surface area (Å²) in [7, 11) is 3.57. The SMILES string of the molecule is CCc1cc(-c2ccc(NC)nc2)ccc1OC. The Morgan fingerprint density at radius 1 is 1.17 bits per heavy atom. The number of benzene rings is 1. The zero-order chi connectivity index (χ0) is 13.0. The number of nitrogens with zero attached hydrogens (tertiary/aromatic N) is 1. The summed E-state index contributed by atoms with van der Waals surface area (Å²) in [5, 5.41) is 3.02. The van der Waals surface area contributed by atoms with Crippen LogP contribution in [0.2, 0.25) is 0 Å². The molecule has 1 aromatic heterocycles. The summed E-state index contributed by atoms with van der Waals surface area (Å²) < 4.78 is 5.34. The summed E-state index contributed by atoms with van der Waals surface area (Å²) in [6.07, 6.45) is 2.84. The van der Waals surface area contributed by atoms with Gasteiger partial charge in [0.15, 0.2) is 0 Å². The van der Waals surface area contributed by atoms with Crippen LogP contribution < -0.4 is 10.1 Å². The van der Waals surface area contributed by atoms with E-state index < -0.39 is 0 Å². The van der Waals surface area contributed by atoms with Crippen LogP contribution >= 0.6 is 0 Å². The number of methoxy groups -OCH3 is 1. The van der Waals surface area contributed by atoms with Crippen molar-refractivity contribution in [1.29, 1.82) is 0 Å². The fraction of sp³-hybridized carbons (Fsp3) is 0.267. The van der Waals surface area contributed by atoms with E-state index in [9.17, 15) is 0 Å². The molecule has 1 aromatic carbocycles. The second-order valence-electron chi connectivity index (χ2n) is 4.06. The van der Waals surface area contributed by atoms with Crippen molar-refractivity contribution in [3.05, 3.63) is 42.1 Å². The number of hydrogen-bond donors (Lipinski definition) is 1. The molecule has 1 heterocycles. The molecule has 0 atom stereocenters. The molecule has 0 spiro atoms. The van der Waals surface area contributed by atoms with Crippen molar-refractivity contribution in [3.8, 4) is 16.9 Å². The molecule has 0 saturated heterocycles. The van der Waals surface area contributed by atoms with Crippen LogP contribution in [0.5, 0.6) is 5.75 Å². The third-order valence-corrected chi connectivity index (χ3v) is 3.01. The van der Waals surface area contributed by atoms with Crippen LogP contribution in [0.1, 0.15) is 12.5 Å². The molecule has 0 aliphatic carbocycles. The van der Waals surface area contributed by atoms with E-state index >= 15 is 0 Å². The van der Waals surface area contributed by atoms with Gasteiger partial charge in [0.1, 0.15) is 11.6 Å². The maximum Gasteiger partial charge on any atom is 0.125 e. The van der Waals surface area contributed by atoms with E-state index in [2.05, 4.69) is 35.4 Å².